The van der Waals surface area contributed by atoms with Gasteiger partial charge in [-0.3, -0.25) is 0 Å². The molecular formula is C13H10ClF2NS. The fourth-order valence-electron chi connectivity index (χ4n) is 1.47. The lowest BCUT2D eigenvalue weighted by Gasteiger charge is -2.08. The molecule has 0 atom stereocenters. The molecule has 2 N–H and O–H groups in total. The van der Waals surface area contributed by atoms with Gasteiger partial charge in [-0.15, -0.1) is 11.8 Å². The van der Waals surface area contributed by atoms with Crippen LogP contribution in [0.3, 0.4) is 0 Å². The molecule has 0 aliphatic carbocycles. The van der Waals surface area contributed by atoms with E-state index >= 15 is 0 Å². The minimum Gasteiger partial charge on any atom is -0.398 e. The highest BCUT2D eigenvalue weighted by Crippen LogP contribution is 2.31. The van der Waals surface area contributed by atoms with Gasteiger partial charge in [0.25, 0.3) is 0 Å². The van der Waals surface area contributed by atoms with Crippen molar-refractivity contribution >= 4 is 29.1 Å². The monoisotopic (exact) mass is 285 g/mol. The minimum absolute atomic E-state index is 0.245. The zero-order valence-corrected chi connectivity index (χ0v) is 10.9. The maximum Gasteiger partial charge on any atom is 0.136 e. The molecule has 0 aromatic heterocycles. The van der Waals surface area contributed by atoms with Crippen molar-refractivity contribution in [2.24, 2.45) is 0 Å². The Morgan fingerprint density at radius 3 is 2.67 bits per heavy atom. The van der Waals surface area contributed by atoms with E-state index in [4.69, 9.17) is 17.3 Å². The molecule has 0 spiro atoms. The van der Waals surface area contributed by atoms with Crippen LogP contribution in [0.5, 0.6) is 0 Å². The normalized spacial score (nSPS) is 10.6. The van der Waals surface area contributed by atoms with Crippen LogP contribution in [-0.2, 0) is 5.75 Å². The molecule has 0 amide bonds. The number of benzene rings is 2. The smallest absolute Gasteiger partial charge is 0.136 e. The third kappa shape index (κ3) is 2.94. The van der Waals surface area contributed by atoms with Crippen molar-refractivity contribution in [2.75, 3.05) is 5.73 Å². The van der Waals surface area contributed by atoms with E-state index in [1.165, 1.54) is 0 Å². The molecule has 94 valence electrons. The van der Waals surface area contributed by atoms with Crippen LogP contribution in [0.4, 0.5) is 14.5 Å². The van der Waals surface area contributed by atoms with Gasteiger partial charge in [-0.05, 0) is 30.3 Å². The van der Waals surface area contributed by atoms with Gasteiger partial charge in [-0.2, -0.15) is 0 Å². The molecule has 18 heavy (non-hydrogen) atoms. The highest BCUT2D eigenvalue weighted by molar-refractivity contribution is 7.98. The summed E-state index contributed by atoms with van der Waals surface area (Å²) >= 11 is 7.17. The third-order valence-electron chi connectivity index (χ3n) is 2.42. The van der Waals surface area contributed by atoms with Gasteiger partial charge in [-0.25, -0.2) is 8.78 Å². The molecule has 2 rings (SSSR count). The number of hydrogen-bond acceptors (Lipinski definition) is 2. The van der Waals surface area contributed by atoms with E-state index in [2.05, 4.69) is 0 Å². The van der Waals surface area contributed by atoms with E-state index in [9.17, 15) is 8.78 Å². The molecule has 0 fully saturated rings. The van der Waals surface area contributed by atoms with Crippen molar-refractivity contribution in [3.05, 3.63) is 58.6 Å². The quantitative estimate of drug-likeness (QED) is 0.664. The zero-order chi connectivity index (χ0) is 13.1. The summed E-state index contributed by atoms with van der Waals surface area (Å²) in [5.41, 5.74) is 7.07. The minimum atomic E-state index is -0.467. The Morgan fingerprint density at radius 2 is 1.94 bits per heavy atom. The molecule has 2 aromatic rings. The molecule has 0 unspecified atom stereocenters. The summed E-state index contributed by atoms with van der Waals surface area (Å²) in [6.07, 6.45) is 0. The van der Waals surface area contributed by atoms with E-state index in [0.717, 1.165) is 35.5 Å². The first-order chi connectivity index (χ1) is 8.58. The first-order valence-electron chi connectivity index (χ1n) is 5.18. The third-order valence-corrected chi connectivity index (χ3v) is 3.83. The van der Waals surface area contributed by atoms with Crippen LogP contribution < -0.4 is 5.73 Å². The lowest BCUT2D eigenvalue weighted by molar-refractivity contribution is 0.577. The lowest BCUT2D eigenvalue weighted by Crippen LogP contribution is -1.94. The molecular weight excluding hydrogens is 276 g/mol. The molecule has 0 saturated heterocycles. The first kappa shape index (κ1) is 13.2. The second-order valence-corrected chi connectivity index (χ2v) is 5.10. The fraction of sp³-hybridized carbons (Fsp3) is 0.0769. The van der Waals surface area contributed by atoms with E-state index in [1.54, 1.807) is 18.2 Å². The van der Waals surface area contributed by atoms with Crippen molar-refractivity contribution < 1.29 is 8.78 Å². The van der Waals surface area contributed by atoms with E-state index in [-0.39, 0.29) is 4.90 Å². The van der Waals surface area contributed by atoms with Crippen LogP contribution >= 0.6 is 23.4 Å². The van der Waals surface area contributed by atoms with Crippen molar-refractivity contribution in [3.63, 3.8) is 0 Å². The molecule has 0 aliphatic heterocycles. The van der Waals surface area contributed by atoms with Gasteiger partial charge in [0, 0.05) is 26.9 Å². The van der Waals surface area contributed by atoms with Crippen LogP contribution in [0, 0.1) is 11.6 Å². The second-order valence-electron chi connectivity index (χ2n) is 3.67. The fourth-order valence-corrected chi connectivity index (χ4v) is 2.82. The Balaban J connectivity index is 2.19. The molecule has 5 heteroatoms. The number of rotatable bonds is 3. The van der Waals surface area contributed by atoms with Crippen molar-refractivity contribution in [3.8, 4) is 0 Å². The van der Waals surface area contributed by atoms with Crippen LogP contribution in [-0.4, -0.2) is 0 Å². The van der Waals surface area contributed by atoms with Crippen LogP contribution in [0.1, 0.15) is 5.56 Å². The lowest BCUT2D eigenvalue weighted by atomic mass is 10.2. The van der Waals surface area contributed by atoms with Gasteiger partial charge in [0.2, 0.25) is 0 Å². The summed E-state index contributed by atoms with van der Waals surface area (Å²) in [5, 5.41) is 0.527. The summed E-state index contributed by atoms with van der Waals surface area (Å²) in [6.45, 7) is 0. The highest BCUT2D eigenvalue weighted by Gasteiger charge is 2.08. The molecule has 0 aliphatic rings. The van der Waals surface area contributed by atoms with Crippen molar-refractivity contribution in [1.82, 2.24) is 0 Å². The summed E-state index contributed by atoms with van der Waals surface area (Å²) in [4.78, 5) is 0.245. The average Bonchev–Trinajstić information content (AvgIpc) is 2.33. The van der Waals surface area contributed by atoms with E-state index < -0.39 is 11.6 Å². The van der Waals surface area contributed by atoms with Gasteiger partial charge in [0.1, 0.15) is 11.6 Å². The van der Waals surface area contributed by atoms with Gasteiger partial charge in [0.15, 0.2) is 0 Å². The maximum atomic E-state index is 13.4. The predicted octanol–water partition coefficient (Wildman–Crippen LogP) is 4.49. The molecule has 0 bridgehead atoms. The summed E-state index contributed by atoms with van der Waals surface area (Å²) < 4.78 is 26.4. The molecule has 0 saturated carbocycles. The number of nitrogens with two attached hydrogens (primary N) is 1. The highest BCUT2D eigenvalue weighted by atomic mass is 35.5. The van der Waals surface area contributed by atoms with E-state index in [1.807, 2.05) is 0 Å². The largest absolute Gasteiger partial charge is 0.398 e. The maximum absolute atomic E-state index is 13.4. The van der Waals surface area contributed by atoms with Crippen LogP contribution in [0.2, 0.25) is 5.02 Å². The van der Waals surface area contributed by atoms with Crippen LogP contribution in [0.25, 0.3) is 0 Å². The Kier molecular flexibility index (Phi) is 4.09. The SMILES string of the molecule is Nc1cccc(Cl)c1CSc1cc(F)ccc1F. The van der Waals surface area contributed by atoms with Gasteiger partial charge >= 0.3 is 0 Å². The number of anilines is 1. The molecule has 1 nitrogen and oxygen atoms in total. The second kappa shape index (κ2) is 5.59. The van der Waals surface area contributed by atoms with Gasteiger partial charge in [0.05, 0.1) is 0 Å². The predicted molar refractivity (Wildman–Crippen MR) is 71.8 cm³/mol. The molecule has 0 heterocycles. The number of halogens is 3. The average molecular weight is 286 g/mol. The van der Waals surface area contributed by atoms with Crippen molar-refractivity contribution in [2.45, 2.75) is 10.6 Å². The summed E-state index contributed by atoms with van der Waals surface area (Å²) in [5.74, 6) is -0.524. The van der Waals surface area contributed by atoms with Gasteiger partial charge < -0.3 is 5.73 Å². The van der Waals surface area contributed by atoms with Crippen LogP contribution in [0.15, 0.2) is 41.3 Å². The topological polar surface area (TPSA) is 26.0 Å². The van der Waals surface area contributed by atoms with Crippen molar-refractivity contribution in [1.29, 1.82) is 0 Å². The summed E-state index contributed by atoms with van der Waals surface area (Å²) in [7, 11) is 0. The number of nitrogen functional groups attached to an aromatic ring is 1. The zero-order valence-electron chi connectivity index (χ0n) is 9.29. The van der Waals surface area contributed by atoms with E-state index in [0.29, 0.717) is 16.5 Å². The number of thioether (sulfide) groups is 1. The Bertz CT molecular complexity index is 555. The molecule has 0 radical (unpaired) electrons. The number of hydrogen-bond donors (Lipinski definition) is 1. The summed E-state index contributed by atoms with van der Waals surface area (Å²) in [6, 6.07) is 8.54. The Labute approximate surface area is 113 Å². The standard InChI is InChI=1S/C13H10ClF2NS/c14-10-2-1-3-12(17)9(10)7-18-13-6-8(15)4-5-11(13)16/h1-6H,7,17H2. The Morgan fingerprint density at radius 1 is 1.17 bits per heavy atom. The first-order valence-corrected chi connectivity index (χ1v) is 6.55. The van der Waals surface area contributed by atoms with Gasteiger partial charge in [-0.1, -0.05) is 17.7 Å². The molecule has 2 aromatic carbocycles. The Hall–Kier alpha value is -1.26.